The van der Waals surface area contributed by atoms with Crippen molar-refractivity contribution in [3.8, 4) is 0 Å². The molecule has 0 unspecified atom stereocenters. The molecular formula is C12H17ClN2. The van der Waals surface area contributed by atoms with Crippen LogP contribution in [0.4, 0.5) is 0 Å². The lowest BCUT2D eigenvalue weighted by Gasteiger charge is -2.21. The summed E-state index contributed by atoms with van der Waals surface area (Å²) in [5.41, 5.74) is 1.11. The van der Waals surface area contributed by atoms with Gasteiger partial charge in [0, 0.05) is 5.69 Å². The predicted molar refractivity (Wildman–Crippen MR) is 62.1 cm³/mol. The van der Waals surface area contributed by atoms with Gasteiger partial charge in [0.25, 0.3) is 0 Å². The Balaban J connectivity index is 2.02. The molecule has 0 aliphatic heterocycles. The van der Waals surface area contributed by atoms with Crippen LogP contribution in [0.1, 0.15) is 43.6 Å². The van der Waals surface area contributed by atoms with Gasteiger partial charge in [-0.1, -0.05) is 43.7 Å². The summed E-state index contributed by atoms with van der Waals surface area (Å²) in [7, 11) is 0. The zero-order chi connectivity index (χ0) is 10.7. The van der Waals surface area contributed by atoms with E-state index in [0.717, 1.165) is 23.9 Å². The summed E-state index contributed by atoms with van der Waals surface area (Å²) >= 11 is 5.92. The normalized spacial score (nSPS) is 18.0. The molecule has 1 saturated carbocycles. The van der Waals surface area contributed by atoms with Crippen LogP contribution in [0.3, 0.4) is 0 Å². The Bertz CT molecular complexity index is 312. The molecule has 0 bridgehead atoms. The second kappa shape index (κ2) is 4.93. The molecule has 15 heavy (non-hydrogen) atoms. The van der Waals surface area contributed by atoms with Crippen LogP contribution in [0.15, 0.2) is 6.07 Å². The number of aromatic nitrogens is 2. The average Bonchev–Trinajstić information content (AvgIpc) is 2.17. The lowest BCUT2D eigenvalue weighted by atomic mass is 9.86. The number of halogens is 1. The smallest absolute Gasteiger partial charge is 0.133 e. The Labute approximate surface area is 96.1 Å². The SMILES string of the molecule is Cc1nc(Cl)cc(CC2CCCCC2)n1. The van der Waals surface area contributed by atoms with Crippen LogP contribution < -0.4 is 0 Å². The standard InChI is InChI=1S/C12H17ClN2/c1-9-14-11(8-12(13)15-9)7-10-5-3-2-4-6-10/h8,10H,2-7H2,1H3. The van der Waals surface area contributed by atoms with Gasteiger partial charge in [-0.2, -0.15) is 0 Å². The molecule has 1 heterocycles. The Hall–Kier alpha value is -0.630. The van der Waals surface area contributed by atoms with Crippen LogP contribution in [0.5, 0.6) is 0 Å². The van der Waals surface area contributed by atoms with E-state index in [2.05, 4.69) is 9.97 Å². The second-order valence-electron chi connectivity index (χ2n) is 4.44. The van der Waals surface area contributed by atoms with E-state index >= 15 is 0 Å². The van der Waals surface area contributed by atoms with Gasteiger partial charge in [0.2, 0.25) is 0 Å². The minimum absolute atomic E-state index is 0.577. The molecule has 3 heteroatoms. The lowest BCUT2D eigenvalue weighted by Crippen LogP contribution is -2.10. The van der Waals surface area contributed by atoms with Gasteiger partial charge >= 0.3 is 0 Å². The monoisotopic (exact) mass is 224 g/mol. The van der Waals surface area contributed by atoms with Gasteiger partial charge in [0.05, 0.1) is 0 Å². The Morgan fingerprint density at radius 3 is 2.67 bits per heavy atom. The van der Waals surface area contributed by atoms with E-state index in [4.69, 9.17) is 11.6 Å². The summed E-state index contributed by atoms with van der Waals surface area (Å²) in [6.07, 6.45) is 7.93. The van der Waals surface area contributed by atoms with Crippen molar-refractivity contribution in [1.29, 1.82) is 0 Å². The molecule has 0 amide bonds. The first-order chi connectivity index (χ1) is 7.24. The third-order valence-electron chi connectivity index (χ3n) is 3.08. The Morgan fingerprint density at radius 1 is 1.27 bits per heavy atom. The number of rotatable bonds is 2. The number of nitrogens with zero attached hydrogens (tertiary/aromatic N) is 2. The molecule has 1 fully saturated rings. The van der Waals surface area contributed by atoms with Gasteiger partial charge in [-0.15, -0.1) is 0 Å². The summed E-state index contributed by atoms with van der Waals surface area (Å²) in [6, 6.07) is 1.91. The van der Waals surface area contributed by atoms with Gasteiger partial charge in [-0.25, -0.2) is 9.97 Å². The highest BCUT2D eigenvalue weighted by Gasteiger charge is 2.14. The molecule has 1 aliphatic rings. The fraction of sp³-hybridized carbons (Fsp3) is 0.667. The van der Waals surface area contributed by atoms with E-state index in [9.17, 15) is 0 Å². The molecule has 0 N–H and O–H groups in total. The zero-order valence-corrected chi connectivity index (χ0v) is 9.93. The van der Waals surface area contributed by atoms with E-state index in [1.807, 2.05) is 13.0 Å². The first kappa shape index (κ1) is 10.9. The van der Waals surface area contributed by atoms with Crippen LogP contribution in [-0.2, 0) is 6.42 Å². The van der Waals surface area contributed by atoms with E-state index in [0.29, 0.717) is 5.15 Å². The van der Waals surface area contributed by atoms with E-state index in [1.54, 1.807) is 0 Å². The van der Waals surface area contributed by atoms with Crippen LogP contribution in [0.2, 0.25) is 5.15 Å². The molecular weight excluding hydrogens is 208 g/mol. The van der Waals surface area contributed by atoms with E-state index < -0.39 is 0 Å². The molecule has 0 saturated heterocycles. The molecule has 2 nitrogen and oxygen atoms in total. The fourth-order valence-corrected chi connectivity index (χ4v) is 2.63. The summed E-state index contributed by atoms with van der Waals surface area (Å²) in [6.45, 7) is 1.90. The second-order valence-corrected chi connectivity index (χ2v) is 4.82. The third kappa shape index (κ3) is 3.16. The maximum Gasteiger partial charge on any atom is 0.133 e. The summed E-state index contributed by atoms with van der Waals surface area (Å²) in [5, 5.41) is 0.577. The van der Waals surface area contributed by atoms with Crippen molar-refractivity contribution in [2.75, 3.05) is 0 Å². The first-order valence-electron chi connectivity index (χ1n) is 5.74. The highest BCUT2D eigenvalue weighted by Crippen LogP contribution is 2.26. The molecule has 1 aromatic rings. The van der Waals surface area contributed by atoms with Gasteiger partial charge in [0.15, 0.2) is 0 Å². The summed E-state index contributed by atoms with van der Waals surface area (Å²) < 4.78 is 0. The molecule has 1 aromatic heterocycles. The van der Waals surface area contributed by atoms with Crippen LogP contribution in [0.25, 0.3) is 0 Å². The van der Waals surface area contributed by atoms with E-state index in [1.165, 1.54) is 32.1 Å². The zero-order valence-electron chi connectivity index (χ0n) is 9.17. The first-order valence-corrected chi connectivity index (χ1v) is 6.12. The van der Waals surface area contributed by atoms with Crippen molar-refractivity contribution in [1.82, 2.24) is 9.97 Å². The highest BCUT2D eigenvalue weighted by atomic mass is 35.5. The van der Waals surface area contributed by atoms with Gasteiger partial charge in [-0.05, 0) is 25.3 Å². The summed E-state index contributed by atoms with van der Waals surface area (Å²) in [5.74, 6) is 1.59. The number of hydrogen-bond donors (Lipinski definition) is 0. The van der Waals surface area contributed by atoms with Gasteiger partial charge < -0.3 is 0 Å². The average molecular weight is 225 g/mol. The van der Waals surface area contributed by atoms with Crippen LogP contribution in [0, 0.1) is 12.8 Å². The van der Waals surface area contributed by atoms with Gasteiger partial charge in [0.1, 0.15) is 11.0 Å². The Morgan fingerprint density at radius 2 is 2.00 bits per heavy atom. The summed E-state index contributed by atoms with van der Waals surface area (Å²) in [4.78, 5) is 8.51. The molecule has 2 rings (SSSR count). The van der Waals surface area contributed by atoms with Crippen molar-refractivity contribution < 1.29 is 0 Å². The Kier molecular flexibility index (Phi) is 3.57. The maximum absolute atomic E-state index is 5.92. The maximum atomic E-state index is 5.92. The van der Waals surface area contributed by atoms with Gasteiger partial charge in [-0.3, -0.25) is 0 Å². The molecule has 0 spiro atoms. The largest absolute Gasteiger partial charge is 0.238 e. The molecule has 0 aromatic carbocycles. The van der Waals surface area contributed by atoms with Crippen molar-refractivity contribution in [2.45, 2.75) is 45.4 Å². The van der Waals surface area contributed by atoms with Crippen molar-refractivity contribution in [3.05, 3.63) is 22.7 Å². The minimum atomic E-state index is 0.577. The quantitative estimate of drug-likeness (QED) is 0.718. The molecule has 0 radical (unpaired) electrons. The highest BCUT2D eigenvalue weighted by molar-refractivity contribution is 6.29. The van der Waals surface area contributed by atoms with Crippen molar-refractivity contribution in [3.63, 3.8) is 0 Å². The van der Waals surface area contributed by atoms with Crippen molar-refractivity contribution in [2.24, 2.45) is 5.92 Å². The van der Waals surface area contributed by atoms with Crippen LogP contribution in [-0.4, -0.2) is 9.97 Å². The van der Waals surface area contributed by atoms with Crippen molar-refractivity contribution >= 4 is 11.6 Å². The predicted octanol–water partition coefficient (Wildman–Crippen LogP) is 3.56. The third-order valence-corrected chi connectivity index (χ3v) is 3.28. The molecule has 0 atom stereocenters. The minimum Gasteiger partial charge on any atom is -0.238 e. The number of aryl methyl sites for hydroxylation is 1. The fourth-order valence-electron chi connectivity index (χ4n) is 2.38. The molecule has 1 aliphatic carbocycles. The number of hydrogen-bond acceptors (Lipinski definition) is 2. The van der Waals surface area contributed by atoms with E-state index in [-0.39, 0.29) is 0 Å². The van der Waals surface area contributed by atoms with Crippen LogP contribution >= 0.6 is 11.6 Å². The topological polar surface area (TPSA) is 25.8 Å². The molecule has 82 valence electrons. The lowest BCUT2D eigenvalue weighted by molar-refractivity contribution is 0.354.